The van der Waals surface area contributed by atoms with Crippen molar-refractivity contribution in [2.45, 2.75) is 63.8 Å². The molecule has 33 heavy (non-hydrogen) atoms. The van der Waals surface area contributed by atoms with Gasteiger partial charge in [0.2, 0.25) is 5.91 Å². The van der Waals surface area contributed by atoms with Gasteiger partial charge in [-0.3, -0.25) is 14.2 Å². The summed E-state index contributed by atoms with van der Waals surface area (Å²) >= 11 is 0. The second kappa shape index (κ2) is 8.38. The van der Waals surface area contributed by atoms with Crippen molar-refractivity contribution in [3.05, 3.63) is 40.7 Å². The van der Waals surface area contributed by atoms with Crippen LogP contribution in [0.4, 0.5) is 17.6 Å². The molecule has 6 nitrogen and oxygen atoms in total. The molecule has 4 rings (SSSR count). The van der Waals surface area contributed by atoms with E-state index in [0.717, 1.165) is 18.9 Å². The molecule has 180 valence electrons. The lowest BCUT2D eigenvalue weighted by molar-refractivity contribution is -0.172. The number of benzene rings is 1. The number of carbonyl (C=O) groups is 1. The van der Waals surface area contributed by atoms with Gasteiger partial charge in [-0.15, -0.1) is 0 Å². The summed E-state index contributed by atoms with van der Waals surface area (Å²) < 4.78 is 53.3. The number of halogens is 4. The van der Waals surface area contributed by atoms with E-state index in [1.54, 1.807) is 0 Å². The predicted molar refractivity (Wildman–Crippen MR) is 113 cm³/mol. The Balaban J connectivity index is 1.61. The van der Waals surface area contributed by atoms with E-state index in [-0.39, 0.29) is 31.4 Å². The zero-order valence-electron chi connectivity index (χ0n) is 18.4. The van der Waals surface area contributed by atoms with Crippen LogP contribution in [0, 0.1) is 17.2 Å². The quantitative estimate of drug-likeness (QED) is 0.694. The molecule has 1 unspecified atom stereocenters. The minimum absolute atomic E-state index is 0.0780. The zero-order valence-corrected chi connectivity index (χ0v) is 18.4. The molecule has 1 amide bonds. The molecule has 2 aliphatic rings. The van der Waals surface area contributed by atoms with Gasteiger partial charge in [-0.25, -0.2) is 9.37 Å². The molecule has 1 aromatic carbocycles. The van der Waals surface area contributed by atoms with E-state index in [1.807, 2.05) is 0 Å². The normalized spacial score (nSPS) is 23.9. The van der Waals surface area contributed by atoms with Gasteiger partial charge in [0, 0.05) is 24.4 Å². The minimum Gasteiger partial charge on any atom is -0.387 e. The van der Waals surface area contributed by atoms with Crippen LogP contribution in [-0.2, 0) is 11.3 Å². The van der Waals surface area contributed by atoms with Crippen molar-refractivity contribution in [3.63, 3.8) is 0 Å². The van der Waals surface area contributed by atoms with Crippen molar-refractivity contribution in [2.75, 3.05) is 13.1 Å². The van der Waals surface area contributed by atoms with Crippen LogP contribution in [0.15, 0.2) is 29.3 Å². The Hall–Kier alpha value is -2.49. The number of nitrogens with zero attached hydrogens (tertiary/aromatic N) is 3. The third kappa shape index (κ3) is 4.49. The highest BCUT2D eigenvalue weighted by molar-refractivity contribution is 5.79. The van der Waals surface area contributed by atoms with Crippen LogP contribution in [0.1, 0.15) is 45.4 Å². The molecule has 1 saturated carbocycles. The first-order valence-electron chi connectivity index (χ1n) is 11.2. The number of aromatic nitrogens is 2. The lowest BCUT2D eigenvalue weighted by Crippen LogP contribution is -2.62. The first-order chi connectivity index (χ1) is 15.4. The molecular formula is C23H27F4N3O3. The number of alkyl halides is 3. The van der Waals surface area contributed by atoms with E-state index in [9.17, 15) is 32.3 Å². The van der Waals surface area contributed by atoms with Gasteiger partial charge >= 0.3 is 6.18 Å². The van der Waals surface area contributed by atoms with E-state index >= 15 is 0 Å². The summed E-state index contributed by atoms with van der Waals surface area (Å²) in [5.74, 6) is -2.33. The first-order valence-corrected chi connectivity index (χ1v) is 11.2. The molecule has 0 radical (unpaired) electrons. The molecule has 1 aliphatic heterocycles. The van der Waals surface area contributed by atoms with Crippen LogP contribution in [0.3, 0.4) is 0 Å². The lowest BCUT2D eigenvalue weighted by atomic mass is 9.65. The number of hydrogen-bond acceptors (Lipinski definition) is 4. The Morgan fingerprint density at radius 3 is 2.61 bits per heavy atom. The molecule has 2 fully saturated rings. The fraction of sp³-hybridized carbons (Fsp3) is 0.609. The number of fused-ring (bicyclic) bond motifs is 1. The van der Waals surface area contributed by atoms with Crippen LogP contribution < -0.4 is 5.56 Å². The maximum absolute atomic E-state index is 13.7. The van der Waals surface area contributed by atoms with E-state index in [0.29, 0.717) is 18.4 Å². The monoisotopic (exact) mass is 469 g/mol. The van der Waals surface area contributed by atoms with Crippen molar-refractivity contribution in [2.24, 2.45) is 11.3 Å². The second-order valence-electron chi connectivity index (χ2n) is 9.59. The third-order valence-corrected chi connectivity index (χ3v) is 7.33. The Morgan fingerprint density at radius 1 is 1.24 bits per heavy atom. The predicted octanol–water partition coefficient (Wildman–Crippen LogP) is 3.65. The highest BCUT2D eigenvalue weighted by Crippen LogP contribution is 2.51. The molecule has 1 N–H and O–H groups in total. The number of likely N-dealkylation sites (tertiary alicyclic amines) is 1. The molecule has 2 atom stereocenters. The Bertz CT molecular complexity index is 1110. The summed E-state index contributed by atoms with van der Waals surface area (Å²) in [6.45, 7) is 1.45. The van der Waals surface area contributed by atoms with Crippen molar-refractivity contribution in [1.29, 1.82) is 0 Å². The van der Waals surface area contributed by atoms with Gasteiger partial charge in [-0.2, -0.15) is 13.2 Å². The second-order valence-corrected chi connectivity index (χ2v) is 9.59. The smallest absolute Gasteiger partial charge is 0.387 e. The Kier molecular flexibility index (Phi) is 6.01. The van der Waals surface area contributed by atoms with Gasteiger partial charge < -0.3 is 10.0 Å². The summed E-state index contributed by atoms with van der Waals surface area (Å²) in [5, 5.41) is 11.9. The van der Waals surface area contributed by atoms with Crippen LogP contribution >= 0.6 is 0 Å². The summed E-state index contributed by atoms with van der Waals surface area (Å²) in [5.41, 5.74) is -2.20. The van der Waals surface area contributed by atoms with Crippen LogP contribution in [0.25, 0.3) is 10.9 Å². The summed E-state index contributed by atoms with van der Waals surface area (Å²) in [6.07, 6.45) is -1.32. The number of amides is 1. The molecule has 1 saturated heterocycles. The number of rotatable bonds is 4. The van der Waals surface area contributed by atoms with Crippen LogP contribution in [0.2, 0.25) is 0 Å². The first kappa shape index (κ1) is 23.7. The molecule has 1 spiro atoms. The van der Waals surface area contributed by atoms with Gasteiger partial charge in [-0.1, -0.05) is 19.8 Å². The van der Waals surface area contributed by atoms with Gasteiger partial charge in [0.25, 0.3) is 5.56 Å². The maximum Gasteiger partial charge on any atom is 0.389 e. The van der Waals surface area contributed by atoms with Gasteiger partial charge in [-0.05, 0) is 37.5 Å². The SMILES string of the molecule is C[C@H](CC(F)(F)F)C(=O)N1CCC(O)(Cn2cnc3ccc(F)cc3c2=O)C2(CCCC2)C1. The molecule has 2 aromatic rings. The number of hydrogen-bond donors (Lipinski definition) is 1. The molecular weight excluding hydrogens is 442 g/mol. The average Bonchev–Trinajstić information content (AvgIpc) is 3.21. The molecule has 0 bridgehead atoms. The summed E-state index contributed by atoms with van der Waals surface area (Å²) in [4.78, 5) is 31.4. The molecule has 2 heterocycles. The van der Waals surface area contributed by atoms with E-state index in [2.05, 4.69) is 4.98 Å². The maximum atomic E-state index is 13.7. The Labute approximate surface area is 188 Å². The molecule has 10 heteroatoms. The van der Waals surface area contributed by atoms with E-state index in [4.69, 9.17) is 0 Å². The van der Waals surface area contributed by atoms with E-state index < -0.39 is 46.8 Å². The van der Waals surface area contributed by atoms with Crippen LogP contribution in [-0.4, -0.2) is 50.3 Å². The average molecular weight is 469 g/mol. The van der Waals surface area contributed by atoms with E-state index in [1.165, 1.54) is 34.9 Å². The summed E-state index contributed by atoms with van der Waals surface area (Å²) in [6, 6.07) is 3.74. The summed E-state index contributed by atoms with van der Waals surface area (Å²) in [7, 11) is 0. The van der Waals surface area contributed by atoms with Crippen molar-refractivity contribution >= 4 is 16.8 Å². The molecule has 1 aliphatic carbocycles. The van der Waals surface area contributed by atoms with Gasteiger partial charge in [0.15, 0.2) is 0 Å². The fourth-order valence-corrected chi connectivity index (χ4v) is 5.56. The number of aliphatic hydroxyl groups is 1. The topological polar surface area (TPSA) is 75.4 Å². The van der Waals surface area contributed by atoms with Gasteiger partial charge in [0.1, 0.15) is 5.82 Å². The zero-order chi connectivity index (χ0) is 24.0. The lowest BCUT2D eigenvalue weighted by Gasteiger charge is -2.52. The van der Waals surface area contributed by atoms with Crippen molar-refractivity contribution in [1.82, 2.24) is 14.5 Å². The minimum atomic E-state index is -4.43. The molecule has 1 aromatic heterocycles. The van der Waals surface area contributed by atoms with Crippen LogP contribution in [0.5, 0.6) is 0 Å². The highest BCUT2D eigenvalue weighted by Gasteiger charge is 2.56. The highest BCUT2D eigenvalue weighted by atomic mass is 19.4. The number of piperidine rings is 1. The standard InChI is InChI=1S/C23H27F4N3O3/c1-15(11-23(25,26)27)19(31)29-9-8-22(33,21(12-29)6-2-3-7-21)13-30-14-28-18-5-4-16(24)10-17(18)20(30)32/h4-5,10,14-15,33H,2-3,6-9,11-13H2,1H3/t15-,22?/m1/s1. The number of carbonyl (C=O) groups excluding carboxylic acids is 1. The van der Waals surface area contributed by atoms with Crippen molar-refractivity contribution in [3.8, 4) is 0 Å². The fourth-order valence-electron chi connectivity index (χ4n) is 5.56. The largest absolute Gasteiger partial charge is 0.389 e. The third-order valence-electron chi connectivity index (χ3n) is 7.33. The van der Waals surface area contributed by atoms with Gasteiger partial charge in [0.05, 0.1) is 35.8 Å². The van der Waals surface area contributed by atoms with Crippen molar-refractivity contribution < 1.29 is 27.5 Å². The Morgan fingerprint density at radius 2 is 1.94 bits per heavy atom.